The van der Waals surface area contributed by atoms with Gasteiger partial charge in [0.2, 0.25) is 0 Å². The Morgan fingerprint density at radius 3 is 3.00 bits per heavy atom. The maximum absolute atomic E-state index is 11.9. The van der Waals surface area contributed by atoms with Crippen LogP contribution in [0.4, 0.5) is 10.7 Å². The number of amides is 1. The number of hydrogen-bond acceptors (Lipinski definition) is 6. The second-order valence-corrected chi connectivity index (χ2v) is 4.25. The third kappa shape index (κ3) is 2.95. The number of nitrogens with one attached hydrogen (secondary N) is 1. The Kier molecular flexibility index (Phi) is 3.73. The molecule has 1 heterocycles. The molecule has 0 atom stereocenters. The van der Waals surface area contributed by atoms with Gasteiger partial charge in [-0.2, -0.15) is 0 Å². The summed E-state index contributed by atoms with van der Waals surface area (Å²) in [5, 5.41) is 6.90. The summed E-state index contributed by atoms with van der Waals surface area (Å²) in [4.78, 5) is 11.9. The molecule has 0 aliphatic carbocycles. The van der Waals surface area contributed by atoms with Crippen LogP contribution in [0.15, 0.2) is 24.4 Å². The van der Waals surface area contributed by atoms with E-state index in [1.165, 1.54) is 6.20 Å². The molecule has 18 heavy (non-hydrogen) atoms. The molecule has 0 aliphatic heterocycles. The monoisotopic (exact) mass is 264 g/mol. The fraction of sp³-hybridized carbons (Fsp3) is 0.182. The molecule has 7 heteroatoms. The van der Waals surface area contributed by atoms with Crippen LogP contribution in [0.25, 0.3) is 0 Å². The van der Waals surface area contributed by atoms with Gasteiger partial charge in [0, 0.05) is 28.8 Å². The maximum Gasteiger partial charge on any atom is 0.256 e. The van der Waals surface area contributed by atoms with Gasteiger partial charge >= 0.3 is 0 Å². The number of nitrogen functional groups attached to an aromatic ring is 1. The minimum Gasteiger partial charge on any atom is -0.494 e. The average Bonchev–Trinajstić information content (AvgIpc) is 2.81. The third-order valence-corrected chi connectivity index (χ3v) is 2.68. The van der Waals surface area contributed by atoms with Crippen molar-refractivity contribution >= 4 is 28.1 Å². The molecule has 0 radical (unpaired) electrons. The van der Waals surface area contributed by atoms with Crippen molar-refractivity contribution in [2.45, 2.75) is 6.92 Å². The molecule has 0 fully saturated rings. The molecular weight excluding hydrogens is 252 g/mol. The Balaban J connectivity index is 2.19. The van der Waals surface area contributed by atoms with E-state index >= 15 is 0 Å². The summed E-state index contributed by atoms with van der Waals surface area (Å²) in [5.74, 6) is 0.305. The van der Waals surface area contributed by atoms with E-state index in [0.29, 0.717) is 28.6 Å². The van der Waals surface area contributed by atoms with Crippen LogP contribution < -0.4 is 15.8 Å². The van der Waals surface area contributed by atoms with Crippen molar-refractivity contribution in [1.29, 1.82) is 0 Å². The van der Waals surface area contributed by atoms with Gasteiger partial charge in [0.15, 0.2) is 0 Å². The van der Waals surface area contributed by atoms with Gasteiger partial charge in [0.25, 0.3) is 5.91 Å². The van der Waals surface area contributed by atoms with E-state index in [9.17, 15) is 4.79 Å². The van der Waals surface area contributed by atoms with Gasteiger partial charge < -0.3 is 15.8 Å². The molecule has 1 aromatic heterocycles. The third-order valence-electron chi connectivity index (χ3n) is 2.10. The predicted molar refractivity (Wildman–Crippen MR) is 69.9 cm³/mol. The summed E-state index contributed by atoms with van der Waals surface area (Å²) < 4.78 is 8.99. The van der Waals surface area contributed by atoms with Crippen molar-refractivity contribution in [3.8, 4) is 5.75 Å². The fourth-order valence-corrected chi connectivity index (χ4v) is 1.82. The molecule has 2 rings (SSSR count). The number of nitrogens with two attached hydrogens (primary N) is 1. The largest absolute Gasteiger partial charge is 0.494 e. The number of aromatic nitrogens is 2. The predicted octanol–water partition coefficient (Wildman–Crippen LogP) is 1.77. The first-order valence-corrected chi connectivity index (χ1v) is 6.08. The van der Waals surface area contributed by atoms with Crippen LogP contribution in [0.1, 0.15) is 17.3 Å². The molecule has 0 saturated carbocycles. The van der Waals surface area contributed by atoms with Crippen LogP contribution in [-0.2, 0) is 0 Å². The number of carbonyl (C=O) groups excluding carboxylic acids is 1. The smallest absolute Gasteiger partial charge is 0.256 e. The number of hydrogen-bond donors (Lipinski definition) is 2. The summed E-state index contributed by atoms with van der Waals surface area (Å²) in [7, 11) is 0. The first-order chi connectivity index (χ1) is 8.69. The molecule has 0 spiro atoms. The zero-order valence-corrected chi connectivity index (χ0v) is 10.5. The van der Waals surface area contributed by atoms with Gasteiger partial charge in [-0.15, -0.1) is 5.10 Å². The summed E-state index contributed by atoms with van der Waals surface area (Å²) in [5.41, 5.74) is 6.64. The Hall–Kier alpha value is -2.15. The quantitative estimate of drug-likeness (QED) is 0.821. The average molecular weight is 264 g/mol. The molecule has 0 saturated heterocycles. The Labute approximate surface area is 108 Å². The van der Waals surface area contributed by atoms with E-state index in [1.54, 1.807) is 18.2 Å². The molecule has 0 bridgehead atoms. The molecular formula is C11H12N4O2S. The number of nitrogens with zero attached hydrogens (tertiary/aromatic N) is 2. The zero-order valence-electron chi connectivity index (χ0n) is 9.71. The van der Waals surface area contributed by atoms with Crippen LogP contribution in [0.2, 0.25) is 0 Å². The highest BCUT2D eigenvalue weighted by molar-refractivity contribution is 7.10. The summed E-state index contributed by atoms with van der Waals surface area (Å²) in [6.07, 6.45) is 1.48. The Morgan fingerprint density at radius 1 is 1.50 bits per heavy atom. The number of ether oxygens (including phenoxy) is 1. The Morgan fingerprint density at radius 2 is 2.33 bits per heavy atom. The SMILES string of the molecule is CCOc1cc(N)cc(C(=O)Nc2cnns2)c1. The molecule has 0 unspecified atom stereocenters. The lowest BCUT2D eigenvalue weighted by Gasteiger charge is -2.07. The van der Waals surface area contributed by atoms with Crippen LogP contribution in [0.3, 0.4) is 0 Å². The van der Waals surface area contributed by atoms with Crippen molar-refractivity contribution in [1.82, 2.24) is 9.59 Å². The highest BCUT2D eigenvalue weighted by Gasteiger charge is 2.10. The van der Waals surface area contributed by atoms with Gasteiger partial charge in [0.1, 0.15) is 10.8 Å². The second-order valence-electron chi connectivity index (χ2n) is 3.46. The minimum absolute atomic E-state index is 0.269. The van der Waals surface area contributed by atoms with Crippen LogP contribution >= 0.6 is 11.5 Å². The number of carbonyl (C=O) groups is 1. The number of benzene rings is 1. The summed E-state index contributed by atoms with van der Waals surface area (Å²) >= 11 is 1.11. The van der Waals surface area contributed by atoms with Crippen molar-refractivity contribution in [3.05, 3.63) is 30.0 Å². The molecule has 3 N–H and O–H groups in total. The van der Waals surface area contributed by atoms with E-state index in [4.69, 9.17) is 10.5 Å². The van der Waals surface area contributed by atoms with Gasteiger partial charge in [-0.25, -0.2) is 0 Å². The lowest BCUT2D eigenvalue weighted by atomic mass is 10.2. The van der Waals surface area contributed by atoms with Crippen molar-refractivity contribution < 1.29 is 9.53 Å². The lowest BCUT2D eigenvalue weighted by molar-refractivity contribution is 0.102. The molecule has 1 aromatic carbocycles. The van der Waals surface area contributed by atoms with Gasteiger partial charge in [-0.3, -0.25) is 4.79 Å². The summed E-state index contributed by atoms with van der Waals surface area (Å²) in [6, 6.07) is 4.91. The van der Waals surface area contributed by atoms with E-state index < -0.39 is 0 Å². The molecule has 6 nitrogen and oxygen atoms in total. The standard InChI is InChI=1S/C11H12N4O2S/c1-2-17-9-4-7(3-8(12)5-9)11(16)14-10-6-13-15-18-10/h3-6H,2,12H2,1H3,(H,14,16). The van der Waals surface area contributed by atoms with Crippen molar-refractivity contribution in [2.24, 2.45) is 0 Å². The second kappa shape index (κ2) is 5.46. The van der Waals surface area contributed by atoms with Gasteiger partial charge in [-0.1, -0.05) is 4.49 Å². The highest BCUT2D eigenvalue weighted by Crippen LogP contribution is 2.20. The van der Waals surface area contributed by atoms with Gasteiger partial charge in [-0.05, 0) is 19.1 Å². The van der Waals surface area contributed by atoms with Gasteiger partial charge in [0.05, 0.1) is 12.8 Å². The van der Waals surface area contributed by atoms with E-state index in [0.717, 1.165) is 11.5 Å². The van der Waals surface area contributed by atoms with Crippen molar-refractivity contribution in [3.63, 3.8) is 0 Å². The topological polar surface area (TPSA) is 90.1 Å². The molecule has 1 amide bonds. The van der Waals surface area contributed by atoms with Crippen LogP contribution in [-0.4, -0.2) is 22.1 Å². The summed E-state index contributed by atoms with van der Waals surface area (Å²) in [6.45, 7) is 2.38. The molecule has 94 valence electrons. The normalized spacial score (nSPS) is 10.1. The molecule has 2 aromatic rings. The Bertz CT molecular complexity index is 542. The maximum atomic E-state index is 11.9. The van der Waals surface area contributed by atoms with Crippen LogP contribution in [0.5, 0.6) is 5.75 Å². The first-order valence-electron chi connectivity index (χ1n) is 5.31. The minimum atomic E-state index is -0.269. The number of anilines is 2. The van der Waals surface area contributed by atoms with E-state index in [2.05, 4.69) is 14.9 Å². The lowest BCUT2D eigenvalue weighted by Crippen LogP contribution is -2.11. The van der Waals surface area contributed by atoms with E-state index in [-0.39, 0.29) is 5.91 Å². The fourth-order valence-electron chi connectivity index (χ4n) is 1.41. The highest BCUT2D eigenvalue weighted by atomic mass is 32.1. The zero-order chi connectivity index (χ0) is 13.0. The van der Waals surface area contributed by atoms with Crippen LogP contribution in [0, 0.1) is 0 Å². The molecule has 0 aliphatic rings. The van der Waals surface area contributed by atoms with Crippen molar-refractivity contribution in [2.75, 3.05) is 17.7 Å². The van der Waals surface area contributed by atoms with E-state index in [1.807, 2.05) is 6.92 Å². The number of rotatable bonds is 4. The first kappa shape index (κ1) is 12.3.